The average molecular weight is 281 g/mol. The van der Waals surface area contributed by atoms with Gasteiger partial charge in [0, 0.05) is 19.6 Å². The van der Waals surface area contributed by atoms with Crippen LogP contribution in [-0.2, 0) is 4.79 Å². The molecule has 1 saturated carbocycles. The second kappa shape index (κ2) is 7.41. The number of hydrogen-bond acceptors (Lipinski definition) is 3. The lowest BCUT2D eigenvalue weighted by Gasteiger charge is -2.40. The van der Waals surface area contributed by atoms with E-state index in [1.165, 1.54) is 25.7 Å². The minimum absolute atomic E-state index is 0.0865. The molecule has 2 unspecified atom stereocenters. The number of amides is 1. The first-order valence-corrected chi connectivity index (χ1v) is 8.44. The Bertz CT molecular complexity index is 313. The molecular formula is C16H31N3O. The van der Waals surface area contributed by atoms with Crippen LogP contribution in [0.15, 0.2) is 0 Å². The second-order valence-electron chi connectivity index (χ2n) is 6.57. The number of hydrogen-bond donors (Lipinski definition) is 2. The van der Waals surface area contributed by atoms with Crippen LogP contribution in [0.3, 0.4) is 0 Å². The maximum atomic E-state index is 12.3. The van der Waals surface area contributed by atoms with E-state index < -0.39 is 0 Å². The van der Waals surface area contributed by atoms with E-state index in [2.05, 4.69) is 17.1 Å². The largest absolute Gasteiger partial charge is 0.368 e. The zero-order chi connectivity index (χ0) is 14.4. The monoisotopic (exact) mass is 281 g/mol. The number of primary amides is 1. The van der Waals surface area contributed by atoms with Crippen molar-refractivity contribution < 1.29 is 4.79 Å². The molecule has 2 aliphatic rings. The van der Waals surface area contributed by atoms with Gasteiger partial charge in [-0.25, -0.2) is 0 Å². The molecule has 0 bridgehead atoms. The summed E-state index contributed by atoms with van der Waals surface area (Å²) in [6, 6.07) is 0. The molecule has 2 atom stereocenters. The fourth-order valence-electron chi connectivity index (χ4n) is 4.08. The van der Waals surface area contributed by atoms with Crippen LogP contribution in [0.1, 0.15) is 58.3 Å². The van der Waals surface area contributed by atoms with Crippen molar-refractivity contribution in [3.05, 3.63) is 0 Å². The Labute approximate surface area is 123 Å². The van der Waals surface area contributed by atoms with Gasteiger partial charge in [0.15, 0.2) is 0 Å². The van der Waals surface area contributed by atoms with Gasteiger partial charge in [-0.15, -0.1) is 0 Å². The van der Waals surface area contributed by atoms with E-state index in [4.69, 9.17) is 5.73 Å². The third kappa shape index (κ3) is 3.53. The summed E-state index contributed by atoms with van der Waals surface area (Å²) in [6.07, 6.45) is 9.19. The Balaban J connectivity index is 2.10. The quantitative estimate of drug-likeness (QED) is 0.774. The highest BCUT2D eigenvalue weighted by atomic mass is 16.1. The number of nitrogens with one attached hydrogen (secondary N) is 1. The summed E-state index contributed by atoms with van der Waals surface area (Å²) in [5.74, 6) is 0.711. The molecule has 0 aromatic heterocycles. The molecular weight excluding hydrogens is 250 g/mol. The van der Waals surface area contributed by atoms with Gasteiger partial charge in [-0.2, -0.15) is 0 Å². The first kappa shape index (κ1) is 15.8. The van der Waals surface area contributed by atoms with Crippen LogP contribution < -0.4 is 11.1 Å². The Kier molecular flexibility index (Phi) is 5.85. The zero-order valence-electron chi connectivity index (χ0n) is 13.0. The summed E-state index contributed by atoms with van der Waals surface area (Å²) in [5, 5.41) is 3.42. The summed E-state index contributed by atoms with van der Waals surface area (Å²) < 4.78 is 0. The molecule has 0 aromatic carbocycles. The summed E-state index contributed by atoms with van der Waals surface area (Å²) in [5.41, 5.74) is 5.51. The average Bonchev–Trinajstić information content (AvgIpc) is 2.80. The summed E-state index contributed by atoms with van der Waals surface area (Å²) >= 11 is 0. The van der Waals surface area contributed by atoms with Gasteiger partial charge < -0.3 is 11.1 Å². The van der Waals surface area contributed by atoms with Crippen LogP contribution in [-0.4, -0.2) is 42.5 Å². The van der Waals surface area contributed by atoms with Gasteiger partial charge in [-0.3, -0.25) is 9.69 Å². The van der Waals surface area contributed by atoms with Crippen LogP contribution in [0.5, 0.6) is 0 Å². The Morgan fingerprint density at radius 3 is 2.85 bits per heavy atom. The molecule has 2 fully saturated rings. The van der Waals surface area contributed by atoms with Crippen LogP contribution >= 0.6 is 0 Å². The molecule has 1 saturated heterocycles. The molecule has 1 amide bonds. The van der Waals surface area contributed by atoms with Gasteiger partial charge in [0.2, 0.25) is 5.91 Å². The molecule has 1 heterocycles. The van der Waals surface area contributed by atoms with Crippen molar-refractivity contribution in [1.82, 2.24) is 10.2 Å². The van der Waals surface area contributed by atoms with E-state index in [0.717, 1.165) is 57.8 Å². The normalized spacial score (nSPS) is 33.4. The topological polar surface area (TPSA) is 58.4 Å². The molecule has 2 rings (SSSR count). The van der Waals surface area contributed by atoms with Crippen molar-refractivity contribution in [2.24, 2.45) is 11.7 Å². The Hall–Kier alpha value is -0.610. The molecule has 3 N–H and O–H groups in total. The van der Waals surface area contributed by atoms with Gasteiger partial charge in [-0.1, -0.05) is 32.6 Å². The molecule has 1 aliphatic heterocycles. The van der Waals surface area contributed by atoms with Crippen molar-refractivity contribution >= 4 is 5.91 Å². The van der Waals surface area contributed by atoms with Crippen molar-refractivity contribution in [2.45, 2.75) is 63.8 Å². The van der Waals surface area contributed by atoms with E-state index in [-0.39, 0.29) is 11.4 Å². The van der Waals surface area contributed by atoms with Crippen LogP contribution in [0.2, 0.25) is 0 Å². The molecule has 4 nitrogen and oxygen atoms in total. The van der Waals surface area contributed by atoms with E-state index in [9.17, 15) is 4.79 Å². The number of carbonyl (C=O) groups is 1. The van der Waals surface area contributed by atoms with Gasteiger partial charge in [0.25, 0.3) is 0 Å². The molecule has 0 aromatic rings. The second-order valence-corrected chi connectivity index (χ2v) is 6.57. The van der Waals surface area contributed by atoms with Crippen LogP contribution in [0.25, 0.3) is 0 Å². The Morgan fingerprint density at radius 2 is 2.10 bits per heavy atom. The molecule has 116 valence electrons. The van der Waals surface area contributed by atoms with Gasteiger partial charge in [0.1, 0.15) is 5.54 Å². The lowest BCUT2D eigenvalue weighted by atomic mass is 9.86. The predicted octanol–water partition coefficient (Wildman–Crippen LogP) is 1.89. The zero-order valence-corrected chi connectivity index (χ0v) is 13.0. The molecule has 1 aliphatic carbocycles. The maximum Gasteiger partial charge on any atom is 0.237 e. The lowest BCUT2D eigenvalue weighted by Crippen LogP contribution is -2.58. The minimum Gasteiger partial charge on any atom is -0.368 e. The SMILES string of the molecule is CCCC1CCCC(C(N)=O)(N2CCCNCC2)CC1. The first-order chi connectivity index (χ1) is 9.69. The smallest absolute Gasteiger partial charge is 0.237 e. The maximum absolute atomic E-state index is 12.3. The fourth-order valence-corrected chi connectivity index (χ4v) is 4.08. The van der Waals surface area contributed by atoms with E-state index in [0.29, 0.717) is 0 Å². The molecule has 4 heteroatoms. The standard InChI is InChI=1S/C16H31N3O/c1-2-5-14-6-3-8-16(9-7-14,15(17)20)19-12-4-10-18-11-13-19/h14,18H,2-13H2,1H3,(H2,17,20). The number of nitrogens with two attached hydrogens (primary N) is 1. The van der Waals surface area contributed by atoms with Crippen LogP contribution in [0.4, 0.5) is 0 Å². The molecule has 0 radical (unpaired) electrons. The first-order valence-electron chi connectivity index (χ1n) is 8.44. The van der Waals surface area contributed by atoms with E-state index in [1.54, 1.807) is 0 Å². The Morgan fingerprint density at radius 1 is 1.25 bits per heavy atom. The van der Waals surface area contributed by atoms with Crippen molar-refractivity contribution in [2.75, 3.05) is 26.2 Å². The van der Waals surface area contributed by atoms with Gasteiger partial charge in [-0.05, 0) is 38.1 Å². The van der Waals surface area contributed by atoms with Crippen molar-refractivity contribution in [1.29, 1.82) is 0 Å². The van der Waals surface area contributed by atoms with E-state index in [1.807, 2.05) is 0 Å². The third-order valence-corrected chi connectivity index (χ3v) is 5.27. The third-order valence-electron chi connectivity index (χ3n) is 5.27. The number of carbonyl (C=O) groups excluding carboxylic acids is 1. The van der Waals surface area contributed by atoms with E-state index >= 15 is 0 Å². The number of nitrogens with zero attached hydrogens (tertiary/aromatic N) is 1. The van der Waals surface area contributed by atoms with Crippen molar-refractivity contribution in [3.63, 3.8) is 0 Å². The van der Waals surface area contributed by atoms with Crippen molar-refractivity contribution in [3.8, 4) is 0 Å². The molecule has 0 spiro atoms. The molecule has 20 heavy (non-hydrogen) atoms. The highest BCUT2D eigenvalue weighted by Gasteiger charge is 2.43. The van der Waals surface area contributed by atoms with Crippen LogP contribution in [0, 0.1) is 5.92 Å². The highest BCUT2D eigenvalue weighted by Crippen LogP contribution is 2.36. The lowest BCUT2D eigenvalue weighted by molar-refractivity contribution is -0.131. The van der Waals surface area contributed by atoms with Gasteiger partial charge >= 0.3 is 0 Å². The number of rotatable bonds is 4. The summed E-state index contributed by atoms with van der Waals surface area (Å²) in [4.78, 5) is 14.7. The summed E-state index contributed by atoms with van der Waals surface area (Å²) in [6.45, 7) is 6.26. The predicted molar refractivity (Wildman–Crippen MR) is 82.5 cm³/mol. The highest BCUT2D eigenvalue weighted by molar-refractivity contribution is 5.84. The fraction of sp³-hybridized carbons (Fsp3) is 0.938. The minimum atomic E-state index is -0.367. The van der Waals surface area contributed by atoms with Gasteiger partial charge in [0.05, 0.1) is 0 Å². The summed E-state index contributed by atoms with van der Waals surface area (Å²) in [7, 11) is 0.